The van der Waals surface area contributed by atoms with Crippen LogP contribution in [-0.4, -0.2) is 35.6 Å². The Hall–Kier alpha value is -0.570. The third kappa shape index (κ3) is 3.71. The van der Waals surface area contributed by atoms with Gasteiger partial charge in [0.25, 0.3) is 0 Å². The number of rotatable bonds is 3. The summed E-state index contributed by atoms with van der Waals surface area (Å²) in [6.07, 6.45) is 10.2. The van der Waals surface area contributed by atoms with Gasteiger partial charge in [-0.15, -0.1) is 0 Å². The third-order valence-electron chi connectivity index (χ3n) is 4.57. The van der Waals surface area contributed by atoms with E-state index in [1.807, 2.05) is 11.9 Å². The molecule has 0 aromatic carbocycles. The molecule has 2 saturated carbocycles. The number of hydrogen-bond acceptors (Lipinski definition) is 2. The van der Waals surface area contributed by atoms with E-state index >= 15 is 0 Å². The zero-order valence-corrected chi connectivity index (χ0v) is 11.6. The van der Waals surface area contributed by atoms with Crippen molar-refractivity contribution in [2.75, 3.05) is 13.6 Å². The van der Waals surface area contributed by atoms with E-state index in [1.165, 1.54) is 32.1 Å². The van der Waals surface area contributed by atoms with Crippen LogP contribution in [0.15, 0.2) is 0 Å². The first-order valence-electron chi connectivity index (χ1n) is 7.60. The van der Waals surface area contributed by atoms with E-state index in [-0.39, 0.29) is 12.0 Å². The molecule has 18 heavy (non-hydrogen) atoms. The lowest BCUT2D eigenvalue weighted by molar-refractivity contribution is -0.136. The van der Waals surface area contributed by atoms with Crippen LogP contribution in [0.1, 0.15) is 57.8 Å². The van der Waals surface area contributed by atoms with E-state index in [4.69, 9.17) is 0 Å². The largest absolute Gasteiger partial charge is 0.393 e. The van der Waals surface area contributed by atoms with E-state index in [2.05, 4.69) is 0 Å². The first-order chi connectivity index (χ1) is 8.66. The SMILES string of the molecule is CN(CC1CC(O)C1)C(=O)C1CCCCCCC1. The first-order valence-corrected chi connectivity index (χ1v) is 7.60. The van der Waals surface area contributed by atoms with Crippen LogP contribution >= 0.6 is 0 Å². The number of aliphatic hydroxyl groups is 1. The summed E-state index contributed by atoms with van der Waals surface area (Å²) in [4.78, 5) is 14.3. The Morgan fingerprint density at radius 1 is 1.11 bits per heavy atom. The van der Waals surface area contributed by atoms with Crippen LogP contribution in [0.2, 0.25) is 0 Å². The average molecular weight is 253 g/mol. The summed E-state index contributed by atoms with van der Waals surface area (Å²) in [5.41, 5.74) is 0. The van der Waals surface area contributed by atoms with Crippen molar-refractivity contribution >= 4 is 5.91 Å². The van der Waals surface area contributed by atoms with Crippen molar-refractivity contribution in [3.8, 4) is 0 Å². The first kappa shape index (κ1) is 13.9. The summed E-state index contributed by atoms with van der Waals surface area (Å²) < 4.78 is 0. The molecule has 0 saturated heterocycles. The molecule has 0 aromatic rings. The molecule has 2 rings (SSSR count). The molecule has 0 unspecified atom stereocenters. The quantitative estimate of drug-likeness (QED) is 0.840. The minimum Gasteiger partial charge on any atom is -0.393 e. The summed E-state index contributed by atoms with van der Waals surface area (Å²) in [5, 5.41) is 9.28. The van der Waals surface area contributed by atoms with E-state index in [0.29, 0.717) is 11.8 Å². The minimum atomic E-state index is -0.111. The Morgan fingerprint density at radius 2 is 1.67 bits per heavy atom. The molecule has 104 valence electrons. The Kier molecular flexibility index (Phi) is 5.04. The van der Waals surface area contributed by atoms with E-state index in [0.717, 1.165) is 32.2 Å². The second-order valence-electron chi connectivity index (χ2n) is 6.25. The normalized spacial score (nSPS) is 30.1. The van der Waals surface area contributed by atoms with Crippen LogP contribution < -0.4 is 0 Å². The van der Waals surface area contributed by atoms with Gasteiger partial charge in [0.15, 0.2) is 0 Å². The van der Waals surface area contributed by atoms with Gasteiger partial charge in [-0.25, -0.2) is 0 Å². The second kappa shape index (κ2) is 6.55. The summed E-state index contributed by atoms with van der Waals surface area (Å²) in [6.45, 7) is 0.840. The molecule has 0 heterocycles. The molecule has 0 spiro atoms. The van der Waals surface area contributed by atoms with Crippen molar-refractivity contribution in [1.29, 1.82) is 0 Å². The Bertz CT molecular complexity index is 266. The van der Waals surface area contributed by atoms with Crippen LogP contribution in [0.4, 0.5) is 0 Å². The lowest BCUT2D eigenvalue weighted by atomic mass is 9.82. The number of carbonyl (C=O) groups excluding carboxylic acids is 1. The predicted octanol–water partition coefficient (Wildman–Crippen LogP) is 2.58. The molecular formula is C15H27NO2. The highest BCUT2D eigenvalue weighted by Gasteiger charge is 2.30. The van der Waals surface area contributed by atoms with Crippen molar-refractivity contribution in [1.82, 2.24) is 4.90 Å². The van der Waals surface area contributed by atoms with E-state index in [1.54, 1.807) is 0 Å². The molecule has 0 aromatic heterocycles. The fourth-order valence-corrected chi connectivity index (χ4v) is 3.34. The van der Waals surface area contributed by atoms with Gasteiger partial charge in [-0.2, -0.15) is 0 Å². The second-order valence-corrected chi connectivity index (χ2v) is 6.25. The number of hydrogen-bond donors (Lipinski definition) is 1. The molecule has 0 aliphatic heterocycles. The van der Waals surface area contributed by atoms with Crippen LogP contribution in [0.5, 0.6) is 0 Å². The maximum absolute atomic E-state index is 12.4. The van der Waals surface area contributed by atoms with Crippen molar-refractivity contribution in [2.45, 2.75) is 63.9 Å². The van der Waals surface area contributed by atoms with Crippen LogP contribution in [0, 0.1) is 11.8 Å². The van der Waals surface area contributed by atoms with Gasteiger partial charge in [-0.1, -0.05) is 32.1 Å². The molecule has 0 atom stereocenters. The predicted molar refractivity (Wildman–Crippen MR) is 72.2 cm³/mol. The summed E-state index contributed by atoms with van der Waals surface area (Å²) in [7, 11) is 1.94. The zero-order chi connectivity index (χ0) is 13.0. The molecule has 3 nitrogen and oxygen atoms in total. The number of amides is 1. The highest BCUT2D eigenvalue weighted by atomic mass is 16.3. The highest BCUT2D eigenvalue weighted by Crippen LogP contribution is 2.29. The number of carbonyl (C=O) groups is 1. The maximum atomic E-state index is 12.4. The maximum Gasteiger partial charge on any atom is 0.225 e. The van der Waals surface area contributed by atoms with E-state index < -0.39 is 0 Å². The van der Waals surface area contributed by atoms with Gasteiger partial charge in [-0.05, 0) is 31.6 Å². The Morgan fingerprint density at radius 3 is 2.22 bits per heavy atom. The molecule has 2 aliphatic carbocycles. The number of nitrogens with zero attached hydrogens (tertiary/aromatic N) is 1. The topological polar surface area (TPSA) is 40.5 Å². The zero-order valence-electron chi connectivity index (χ0n) is 11.6. The molecule has 2 fully saturated rings. The lowest BCUT2D eigenvalue weighted by Gasteiger charge is -2.35. The van der Waals surface area contributed by atoms with Gasteiger partial charge < -0.3 is 10.0 Å². The van der Waals surface area contributed by atoms with Crippen LogP contribution in [0.3, 0.4) is 0 Å². The van der Waals surface area contributed by atoms with Gasteiger partial charge in [0.05, 0.1) is 6.10 Å². The summed E-state index contributed by atoms with van der Waals surface area (Å²) >= 11 is 0. The minimum absolute atomic E-state index is 0.111. The van der Waals surface area contributed by atoms with Gasteiger partial charge in [0.1, 0.15) is 0 Å². The monoisotopic (exact) mass is 253 g/mol. The standard InChI is InChI=1S/C15H27NO2/c1-16(11-12-9-14(17)10-12)15(18)13-7-5-3-2-4-6-8-13/h12-14,17H,2-11H2,1H3. The fourth-order valence-electron chi connectivity index (χ4n) is 3.34. The van der Waals surface area contributed by atoms with Gasteiger partial charge in [0.2, 0.25) is 5.91 Å². The molecule has 1 N–H and O–H groups in total. The van der Waals surface area contributed by atoms with Gasteiger partial charge >= 0.3 is 0 Å². The van der Waals surface area contributed by atoms with Crippen molar-refractivity contribution < 1.29 is 9.90 Å². The van der Waals surface area contributed by atoms with E-state index in [9.17, 15) is 9.90 Å². The third-order valence-corrected chi connectivity index (χ3v) is 4.57. The molecule has 0 bridgehead atoms. The van der Waals surface area contributed by atoms with Crippen molar-refractivity contribution in [3.05, 3.63) is 0 Å². The number of aliphatic hydroxyl groups excluding tert-OH is 1. The summed E-state index contributed by atoms with van der Waals surface area (Å²) in [6, 6.07) is 0. The summed E-state index contributed by atoms with van der Waals surface area (Å²) in [5.74, 6) is 1.14. The Balaban J connectivity index is 1.76. The molecule has 0 radical (unpaired) electrons. The molecule has 1 amide bonds. The van der Waals surface area contributed by atoms with Crippen LogP contribution in [-0.2, 0) is 4.79 Å². The van der Waals surface area contributed by atoms with Gasteiger partial charge in [-0.3, -0.25) is 4.79 Å². The highest BCUT2D eigenvalue weighted by molar-refractivity contribution is 5.78. The fraction of sp³-hybridized carbons (Fsp3) is 0.933. The molecular weight excluding hydrogens is 226 g/mol. The van der Waals surface area contributed by atoms with Crippen molar-refractivity contribution in [3.63, 3.8) is 0 Å². The average Bonchev–Trinajstić information content (AvgIpc) is 2.25. The molecule has 3 heteroatoms. The Labute approximate surface area is 111 Å². The molecule has 2 aliphatic rings. The smallest absolute Gasteiger partial charge is 0.225 e. The van der Waals surface area contributed by atoms with Gasteiger partial charge in [0, 0.05) is 19.5 Å². The lowest BCUT2D eigenvalue weighted by Crippen LogP contribution is -2.41. The van der Waals surface area contributed by atoms with Crippen molar-refractivity contribution in [2.24, 2.45) is 11.8 Å². The van der Waals surface area contributed by atoms with Crippen LogP contribution in [0.25, 0.3) is 0 Å².